The van der Waals surface area contributed by atoms with Crippen LogP contribution in [0.5, 0.6) is 5.75 Å². The first-order valence-electron chi connectivity index (χ1n) is 8.72. The van der Waals surface area contributed by atoms with Crippen LogP contribution in [0.1, 0.15) is 23.1 Å². The Bertz CT molecular complexity index is 837. The van der Waals surface area contributed by atoms with Gasteiger partial charge in [0, 0.05) is 30.4 Å². The highest BCUT2D eigenvalue weighted by Gasteiger charge is 2.36. The quantitative estimate of drug-likeness (QED) is 0.914. The molecule has 2 aromatic carbocycles. The molecule has 1 atom stereocenters. The third kappa shape index (κ3) is 3.57. The van der Waals surface area contributed by atoms with Crippen molar-refractivity contribution in [3.8, 4) is 5.75 Å². The number of carbonyl (C=O) groups excluding carboxylic acids is 2. The number of ether oxygens (including phenoxy) is 1. The van der Waals surface area contributed by atoms with Crippen LogP contribution in [0.25, 0.3) is 0 Å². The fraction of sp³-hybridized carbons (Fsp3) is 0.333. The molecule has 1 aliphatic rings. The van der Waals surface area contributed by atoms with Crippen molar-refractivity contribution < 1.29 is 14.3 Å². The molecular formula is C21H24N2O3. The van der Waals surface area contributed by atoms with Crippen molar-refractivity contribution in [2.45, 2.75) is 27.2 Å². The number of aryl methyl sites for hydroxylation is 3. The molecule has 136 valence electrons. The summed E-state index contributed by atoms with van der Waals surface area (Å²) in [4.78, 5) is 26.9. The van der Waals surface area contributed by atoms with Gasteiger partial charge in [-0.1, -0.05) is 23.8 Å². The van der Waals surface area contributed by atoms with Crippen LogP contribution in [0, 0.1) is 26.7 Å². The lowest BCUT2D eigenvalue weighted by Gasteiger charge is -2.22. The van der Waals surface area contributed by atoms with Crippen LogP contribution in [0.2, 0.25) is 0 Å². The number of hydrogen-bond acceptors (Lipinski definition) is 3. The first kappa shape index (κ1) is 18.0. The predicted octanol–water partition coefficient (Wildman–Crippen LogP) is 3.61. The van der Waals surface area contributed by atoms with E-state index < -0.39 is 0 Å². The lowest BCUT2D eigenvalue weighted by Crippen LogP contribution is -2.29. The second kappa shape index (κ2) is 7.20. The number of anilines is 2. The molecule has 26 heavy (non-hydrogen) atoms. The van der Waals surface area contributed by atoms with E-state index >= 15 is 0 Å². The smallest absolute Gasteiger partial charge is 0.229 e. The lowest BCUT2D eigenvalue weighted by molar-refractivity contribution is -0.122. The van der Waals surface area contributed by atoms with Gasteiger partial charge in [-0.15, -0.1) is 0 Å². The molecular weight excluding hydrogens is 328 g/mol. The molecule has 1 N–H and O–H groups in total. The summed E-state index contributed by atoms with van der Waals surface area (Å²) in [5.74, 6) is 0.161. The van der Waals surface area contributed by atoms with Crippen LogP contribution in [0.15, 0.2) is 36.4 Å². The van der Waals surface area contributed by atoms with Crippen molar-refractivity contribution in [2.24, 2.45) is 5.92 Å². The first-order valence-corrected chi connectivity index (χ1v) is 8.72. The summed E-state index contributed by atoms with van der Waals surface area (Å²) in [6, 6.07) is 11.3. The molecule has 1 heterocycles. The molecule has 2 amide bonds. The van der Waals surface area contributed by atoms with E-state index in [-0.39, 0.29) is 24.2 Å². The molecule has 1 fully saturated rings. The molecule has 2 aromatic rings. The van der Waals surface area contributed by atoms with Gasteiger partial charge in [-0.2, -0.15) is 0 Å². The highest BCUT2D eigenvalue weighted by Crippen LogP contribution is 2.32. The van der Waals surface area contributed by atoms with E-state index in [0.29, 0.717) is 18.0 Å². The number of hydrogen-bond donors (Lipinski definition) is 1. The fourth-order valence-corrected chi connectivity index (χ4v) is 3.64. The number of amides is 2. The molecule has 0 aliphatic carbocycles. The summed E-state index contributed by atoms with van der Waals surface area (Å²) >= 11 is 0. The number of nitrogens with one attached hydrogen (secondary N) is 1. The molecule has 0 spiro atoms. The van der Waals surface area contributed by atoms with Gasteiger partial charge < -0.3 is 15.0 Å². The zero-order valence-corrected chi connectivity index (χ0v) is 15.6. The molecule has 5 heteroatoms. The number of nitrogens with zero attached hydrogens (tertiary/aromatic N) is 1. The van der Waals surface area contributed by atoms with Crippen LogP contribution in [-0.4, -0.2) is 25.5 Å². The van der Waals surface area contributed by atoms with Crippen LogP contribution in [-0.2, 0) is 9.59 Å². The van der Waals surface area contributed by atoms with E-state index in [2.05, 4.69) is 17.4 Å². The average Bonchev–Trinajstić information content (AvgIpc) is 2.96. The lowest BCUT2D eigenvalue weighted by atomic mass is 10.0. The van der Waals surface area contributed by atoms with E-state index in [1.165, 1.54) is 5.56 Å². The summed E-state index contributed by atoms with van der Waals surface area (Å²) < 4.78 is 5.18. The largest absolute Gasteiger partial charge is 0.497 e. The molecule has 3 rings (SSSR count). The van der Waals surface area contributed by atoms with Gasteiger partial charge in [-0.25, -0.2) is 0 Å². The highest BCUT2D eigenvalue weighted by atomic mass is 16.5. The molecule has 5 nitrogen and oxygen atoms in total. The van der Waals surface area contributed by atoms with E-state index in [9.17, 15) is 9.59 Å². The SMILES string of the molecule is COc1cccc(NC(=O)C2CC(=O)N(c3c(C)cc(C)cc3C)C2)c1. The Morgan fingerprint density at radius 2 is 1.85 bits per heavy atom. The van der Waals surface area contributed by atoms with Crippen molar-refractivity contribution in [1.82, 2.24) is 0 Å². The number of benzene rings is 2. The standard InChI is InChI=1S/C21H24N2O3/c1-13-8-14(2)20(15(3)9-13)23-12-16(10-19(23)24)21(25)22-17-6-5-7-18(11-17)26-4/h5-9,11,16H,10,12H2,1-4H3,(H,22,25). The van der Waals surface area contributed by atoms with Gasteiger partial charge in [0.05, 0.1) is 13.0 Å². The van der Waals surface area contributed by atoms with Crippen molar-refractivity contribution in [2.75, 3.05) is 23.9 Å². The summed E-state index contributed by atoms with van der Waals surface area (Å²) in [5.41, 5.74) is 4.89. The van der Waals surface area contributed by atoms with Gasteiger partial charge in [0.25, 0.3) is 0 Å². The number of methoxy groups -OCH3 is 1. The zero-order valence-electron chi connectivity index (χ0n) is 15.6. The van der Waals surface area contributed by atoms with Crippen molar-refractivity contribution in [3.05, 3.63) is 53.1 Å². The van der Waals surface area contributed by atoms with E-state index in [4.69, 9.17) is 4.74 Å². The Morgan fingerprint density at radius 3 is 2.50 bits per heavy atom. The second-order valence-corrected chi connectivity index (χ2v) is 6.87. The molecule has 1 aliphatic heterocycles. The minimum atomic E-state index is -0.367. The Kier molecular flexibility index (Phi) is 4.98. The van der Waals surface area contributed by atoms with E-state index in [0.717, 1.165) is 16.8 Å². The number of rotatable bonds is 4. The Hall–Kier alpha value is -2.82. The highest BCUT2D eigenvalue weighted by molar-refractivity contribution is 6.04. The molecule has 0 bridgehead atoms. The van der Waals surface area contributed by atoms with Crippen molar-refractivity contribution in [1.29, 1.82) is 0 Å². The first-order chi connectivity index (χ1) is 12.4. The molecule has 0 radical (unpaired) electrons. The van der Waals surface area contributed by atoms with Gasteiger partial charge in [-0.3, -0.25) is 9.59 Å². The third-order valence-corrected chi connectivity index (χ3v) is 4.74. The normalized spacial score (nSPS) is 16.7. The summed E-state index contributed by atoms with van der Waals surface area (Å²) in [7, 11) is 1.58. The predicted molar refractivity (Wildman–Crippen MR) is 103 cm³/mol. The van der Waals surface area contributed by atoms with Crippen LogP contribution >= 0.6 is 0 Å². The van der Waals surface area contributed by atoms with E-state index in [1.54, 1.807) is 18.1 Å². The van der Waals surface area contributed by atoms with Gasteiger partial charge in [-0.05, 0) is 44.0 Å². The fourth-order valence-electron chi connectivity index (χ4n) is 3.64. The maximum atomic E-state index is 12.6. The summed E-state index contributed by atoms with van der Waals surface area (Å²) in [5, 5.41) is 2.89. The average molecular weight is 352 g/mol. The van der Waals surface area contributed by atoms with Gasteiger partial charge in [0.1, 0.15) is 5.75 Å². The maximum Gasteiger partial charge on any atom is 0.229 e. The van der Waals surface area contributed by atoms with Crippen LogP contribution in [0.4, 0.5) is 11.4 Å². The summed E-state index contributed by atoms with van der Waals surface area (Å²) in [6.07, 6.45) is 0.225. The minimum absolute atomic E-state index is 0.00848. The Balaban J connectivity index is 1.76. The Labute approximate surface area is 154 Å². The second-order valence-electron chi connectivity index (χ2n) is 6.87. The molecule has 1 unspecified atom stereocenters. The monoisotopic (exact) mass is 352 g/mol. The number of carbonyl (C=O) groups is 2. The van der Waals surface area contributed by atoms with E-state index in [1.807, 2.05) is 39.0 Å². The summed E-state index contributed by atoms with van der Waals surface area (Å²) in [6.45, 7) is 6.46. The van der Waals surface area contributed by atoms with Crippen LogP contribution < -0.4 is 15.0 Å². The van der Waals surface area contributed by atoms with Crippen LogP contribution in [0.3, 0.4) is 0 Å². The molecule has 1 saturated heterocycles. The van der Waals surface area contributed by atoms with Crippen molar-refractivity contribution >= 4 is 23.2 Å². The zero-order chi connectivity index (χ0) is 18.8. The van der Waals surface area contributed by atoms with Gasteiger partial charge in [0.15, 0.2) is 0 Å². The Morgan fingerprint density at radius 1 is 1.15 bits per heavy atom. The van der Waals surface area contributed by atoms with Crippen molar-refractivity contribution in [3.63, 3.8) is 0 Å². The minimum Gasteiger partial charge on any atom is -0.497 e. The topological polar surface area (TPSA) is 58.6 Å². The third-order valence-electron chi connectivity index (χ3n) is 4.74. The maximum absolute atomic E-state index is 12.6. The van der Waals surface area contributed by atoms with Gasteiger partial charge >= 0.3 is 0 Å². The molecule has 0 aromatic heterocycles. The van der Waals surface area contributed by atoms with Gasteiger partial charge in [0.2, 0.25) is 11.8 Å². The molecule has 0 saturated carbocycles.